The van der Waals surface area contributed by atoms with Crippen LogP contribution in [0.2, 0.25) is 5.28 Å². The molecule has 0 unspecified atom stereocenters. The first-order valence-corrected chi connectivity index (χ1v) is 6.80. The van der Waals surface area contributed by atoms with Gasteiger partial charge in [0.25, 0.3) is 0 Å². The molecule has 0 aliphatic carbocycles. The second kappa shape index (κ2) is 5.40. The summed E-state index contributed by atoms with van der Waals surface area (Å²) in [6, 6.07) is 0. The van der Waals surface area contributed by atoms with E-state index in [9.17, 15) is 4.79 Å². The summed E-state index contributed by atoms with van der Waals surface area (Å²) in [5, 5.41) is 0.230. The predicted molar refractivity (Wildman–Crippen MR) is 77.6 cm³/mol. The second-order valence-corrected chi connectivity index (χ2v) is 6.07. The number of amides is 1. The van der Waals surface area contributed by atoms with Crippen molar-refractivity contribution in [1.29, 1.82) is 0 Å². The van der Waals surface area contributed by atoms with Crippen LogP contribution < -0.4 is 0 Å². The van der Waals surface area contributed by atoms with Gasteiger partial charge in [0.15, 0.2) is 0 Å². The van der Waals surface area contributed by atoms with Crippen molar-refractivity contribution in [3.63, 3.8) is 0 Å². The Hall–Kier alpha value is -1.62. The smallest absolute Gasteiger partial charge is 0.410 e. The minimum absolute atomic E-state index is 0.230. The summed E-state index contributed by atoms with van der Waals surface area (Å²) in [6.07, 6.45) is 3.37. The van der Waals surface area contributed by atoms with Gasteiger partial charge in [0.05, 0.1) is 0 Å². The summed E-state index contributed by atoms with van der Waals surface area (Å²) in [5.74, 6) is 0. The maximum Gasteiger partial charge on any atom is 0.410 e. The van der Waals surface area contributed by atoms with Gasteiger partial charge in [0.1, 0.15) is 5.60 Å². The number of hydrogen-bond acceptors (Lipinski definition) is 4. The first kappa shape index (κ1) is 14.8. The molecule has 1 aromatic rings. The standard InChI is InChI=1S/C14H18ClN3O2/c1-9-11(7-16-12(15)17-9)10-5-6-18(8-10)13(19)20-14(2,3)4/h5,7H,6,8H2,1-4H3. The van der Waals surface area contributed by atoms with Crippen molar-refractivity contribution in [2.45, 2.75) is 33.3 Å². The van der Waals surface area contributed by atoms with E-state index in [-0.39, 0.29) is 11.4 Å². The molecule has 1 aliphatic heterocycles. The molecule has 1 aromatic heterocycles. The molecule has 0 atom stereocenters. The van der Waals surface area contributed by atoms with E-state index in [1.54, 1.807) is 11.1 Å². The highest BCUT2D eigenvalue weighted by Crippen LogP contribution is 2.24. The van der Waals surface area contributed by atoms with Crippen molar-refractivity contribution >= 4 is 23.3 Å². The number of hydrogen-bond donors (Lipinski definition) is 0. The van der Waals surface area contributed by atoms with Crippen LogP contribution in [0.4, 0.5) is 4.79 Å². The van der Waals surface area contributed by atoms with Crippen LogP contribution in [0.3, 0.4) is 0 Å². The van der Waals surface area contributed by atoms with Gasteiger partial charge < -0.3 is 9.64 Å². The first-order chi connectivity index (χ1) is 9.26. The van der Waals surface area contributed by atoms with Crippen LogP contribution in [0.1, 0.15) is 32.0 Å². The quantitative estimate of drug-likeness (QED) is 0.747. The zero-order valence-corrected chi connectivity index (χ0v) is 12.9. The molecular formula is C14H18ClN3O2. The maximum atomic E-state index is 12.0. The molecule has 0 saturated carbocycles. The van der Waals surface area contributed by atoms with E-state index in [0.717, 1.165) is 16.8 Å². The number of carbonyl (C=O) groups excluding carboxylic acids is 1. The van der Waals surface area contributed by atoms with E-state index < -0.39 is 5.60 Å². The third-order valence-corrected chi connectivity index (χ3v) is 3.05. The lowest BCUT2D eigenvalue weighted by Gasteiger charge is -2.24. The molecule has 0 bridgehead atoms. The summed E-state index contributed by atoms with van der Waals surface area (Å²) in [6.45, 7) is 8.47. The molecule has 1 aliphatic rings. The zero-order chi connectivity index (χ0) is 14.9. The largest absolute Gasteiger partial charge is 0.444 e. The topological polar surface area (TPSA) is 55.3 Å². The van der Waals surface area contributed by atoms with Crippen molar-refractivity contribution in [2.24, 2.45) is 0 Å². The predicted octanol–water partition coefficient (Wildman–Crippen LogP) is 3.07. The molecule has 2 rings (SSSR count). The van der Waals surface area contributed by atoms with E-state index in [0.29, 0.717) is 13.1 Å². The van der Waals surface area contributed by atoms with Gasteiger partial charge in [-0.1, -0.05) is 6.08 Å². The zero-order valence-electron chi connectivity index (χ0n) is 12.1. The highest BCUT2D eigenvalue weighted by atomic mass is 35.5. The van der Waals surface area contributed by atoms with E-state index in [2.05, 4.69) is 9.97 Å². The molecule has 20 heavy (non-hydrogen) atoms. The van der Waals surface area contributed by atoms with E-state index in [1.807, 2.05) is 33.8 Å². The molecule has 1 amide bonds. The fourth-order valence-corrected chi connectivity index (χ4v) is 2.15. The van der Waals surface area contributed by atoms with Crippen molar-refractivity contribution in [3.8, 4) is 0 Å². The van der Waals surface area contributed by atoms with Crippen molar-refractivity contribution < 1.29 is 9.53 Å². The Kier molecular flexibility index (Phi) is 3.99. The molecule has 5 nitrogen and oxygen atoms in total. The van der Waals surface area contributed by atoms with Crippen LogP contribution in [0.15, 0.2) is 12.3 Å². The van der Waals surface area contributed by atoms with Gasteiger partial charge >= 0.3 is 6.09 Å². The van der Waals surface area contributed by atoms with Gasteiger partial charge in [-0.2, -0.15) is 0 Å². The van der Waals surface area contributed by atoms with E-state index in [1.165, 1.54) is 0 Å². The van der Waals surface area contributed by atoms with Crippen LogP contribution in [0, 0.1) is 6.92 Å². The lowest BCUT2D eigenvalue weighted by Crippen LogP contribution is -2.35. The van der Waals surface area contributed by atoms with Gasteiger partial charge in [0, 0.05) is 30.5 Å². The van der Waals surface area contributed by atoms with Crippen molar-refractivity contribution in [1.82, 2.24) is 14.9 Å². The summed E-state index contributed by atoms with van der Waals surface area (Å²) < 4.78 is 5.36. The van der Waals surface area contributed by atoms with Gasteiger partial charge in [-0.15, -0.1) is 0 Å². The normalized spacial score (nSPS) is 15.2. The Morgan fingerprint density at radius 1 is 1.45 bits per heavy atom. The van der Waals surface area contributed by atoms with Crippen LogP contribution in [-0.2, 0) is 4.74 Å². The van der Waals surface area contributed by atoms with Gasteiger partial charge in [-0.3, -0.25) is 0 Å². The molecule has 0 N–H and O–H groups in total. The summed E-state index contributed by atoms with van der Waals surface area (Å²) in [7, 11) is 0. The Morgan fingerprint density at radius 2 is 2.15 bits per heavy atom. The molecule has 0 radical (unpaired) electrons. The molecule has 108 valence electrons. The average molecular weight is 296 g/mol. The Bertz CT molecular complexity index is 564. The minimum atomic E-state index is -0.487. The number of aryl methyl sites for hydroxylation is 1. The van der Waals surface area contributed by atoms with E-state index >= 15 is 0 Å². The first-order valence-electron chi connectivity index (χ1n) is 6.43. The van der Waals surface area contributed by atoms with Crippen LogP contribution in [0.5, 0.6) is 0 Å². The van der Waals surface area contributed by atoms with Gasteiger partial charge in [-0.25, -0.2) is 14.8 Å². The van der Waals surface area contributed by atoms with Crippen molar-refractivity contribution in [3.05, 3.63) is 28.8 Å². The molecule has 0 aromatic carbocycles. The molecule has 6 heteroatoms. The fourth-order valence-electron chi connectivity index (χ4n) is 1.97. The summed E-state index contributed by atoms with van der Waals surface area (Å²) in [4.78, 5) is 21.8. The Morgan fingerprint density at radius 3 is 2.75 bits per heavy atom. The SMILES string of the molecule is Cc1nc(Cl)ncc1C1=CCN(C(=O)OC(C)(C)C)C1. The van der Waals surface area contributed by atoms with E-state index in [4.69, 9.17) is 16.3 Å². The second-order valence-electron chi connectivity index (χ2n) is 5.73. The Labute approximate surface area is 123 Å². The highest BCUT2D eigenvalue weighted by Gasteiger charge is 2.26. The lowest BCUT2D eigenvalue weighted by atomic mass is 10.1. The van der Waals surface area contributed by atoms with Crippen LogP contribution in [-0.4, -0.2) is 39.7 Å². The Balaban J connectivity index is 2.07. The summed E-state index contributed by atoms with van der Waals surface area (Å²) >= 11 is 5.75. The monoisotopic (exact) mass is 295 g/mol. The number of carbonyl (C=O) groups is 1. The molecule has 0 saturated heterocycles. The van der Waals surface area contributed by atoms with Crippen molar-refractivity contribution in [2.75, 3.05) is 13.1 Å². The average Bonchev–Trinajstić information content (AvgIpc) is 2.75. The maximum absolute atomic E-state index is 12.0. The molecular weight excluding hydrogens is 278 g/mol. The lowest BCUT2D eigenvalue weighted by molar-refractivity contribution is 0.0306. The van der Waals surface area contributed by atoms with Gasteiger partial charge in [-0.05, 0) is 44.9 Å². The fraction of sp³-hybridized carbons (Fsp3) is 0.500. The number of aromatic nitrogens is 2. The molecule has 2 heterocycles. The summed E-state index contributed by atoms with van der Waals surface area (Å²) in [5.41, 5.74) is 2.26. The highest BCUT2D eigenvalue weighted by molar-refractivity contribution is 6.28. The number of ether oxygens (including phenoxy) is 1. The number of rotatable bonds is 1. The third kappa shape index (κ3) is 3.48. The molecule has 0 fully saturated rings. The number of halogens is 1. The minimum Gasteiger partial charge on any atom is -0.444 e. The third-order valence-electron chi connectivity index (χ3n) is 2.87. The number of nitrogens with zero attached hydrogens (tertiary/aromatic N) is 3. The van der Waals surface area contributed by atoms with Crippen LogP contribution in [0.25, 0.3) is 5.57 Å². The van der Waals surface area contributed by atoms with Gasteiger partial charge in [0.2, 0.25) is 5.28 Å². The molecule has 0 spiro atoms. The van der Waals surface area contributed by atoms with Crippen LogP contribution >= 0.6 is 11.6 Å².